The molecule has 0 saturated heterocycles. The van der Waals surface area contributed by atoms with E-state index in [1.165, 1.54) is 0 Å². The van der Waals surface area contributed by atoms with Crippen LogP contribution < -0.4 is 0 Å². The minimum Gasteiger partial charge on any atom is -0.387 e. The van der Waals surface area contributed by atoms with Crippen LogP contribution in [0.1, 0.15) is 44.4 Å². The van der Waals surface area contributed by atoms with Crippen molar-refractivity contribution >= 4 is 16.8 Å². The van der Waals surface area contributed by atoms with Gasteiger partial charge in [0, 0.05) is 0 Å². The summed E-state index contributed by atoms with van der Waals surface area (Å²) in [6.45, 7) is 2.15. The van der Waals surface area contributed by atoms with E-state index in [1.54, 1.807) is 18.9 Å². The number of aliphatic hydroxyl groups excluding tert-OH is 1. The monoisotopic (exact) mass is 259 g/mol. The summed E-state index contributed by atoms with van der Waals surface area (Å²) >= 11 is 0. The minimum absolute atomic E-state index is 0.497. The van der Waals surface area contributed by atoms with Crippen molar-refractivity contribution in [2.75, 3.05) is 0 Å². The summed E-state index contributed by atoms with van der Waals surface area (Å²) in [6, 6.07) is 0. The Morgan fingerprint density at radius 1 is 1.32 bits per heavy atom. The molecule has 0 amide bonds. The fourth-order valence-corrected chi connectivity index (χ4v) is 2.32. The van der Waals surface area contributed by atoms with Crippen molar-refractivity contribution in [2.45, 2.75) is 38.7 Å². The van der Waals surface area contributed by atoms with Gasteiger partial charge in [0.05, 0.1) is 24.3 Å². The summed E-state index contributed by atoms with van der Waals surface area (Å²) < 4.78 is 1.83. The summed E-state index contributed by atoms with van der Waals surface area (Å²) in [5, 5.41) is 10.2. The third-order valence-corrected chi connectivity index (χ3v) is 3.39. The lowest BCUT2D eigenvalue weighted by molar-refractivity contribution is 0.158. The van der Waals surface area contributed by atoms with Gasteiger partial charge in [0.25, 0.3) is 0 Å². The third kappa shape index (κ3) is 2.08. The molecule has 3 rings (SSSR count). The molecule has 0 aliphatic carbocycles. The van der Waals surface area contributed by atoms with E-state index in [0.29, 0.717) is 5.65 Å². The van der Waals surface area contributed by atoms with E-state index in [9.17, 15) is 5.11 Å². The minimum atomic E-state index is -0.497. The lowest BCUT2D eigenvalue weighted by atomic mass is 10.1. The van der Waals surface area contributed by atoms with Crippen molar-refractivity contribution in [3.8, 4) is 0 Å². The lowest BCUT2D eigenvalue weighted by Gasteiger charge is -2.09. The molecule has 1 unspecified atom stereocenters. The molecule has 0 spiro atoms. The summed E-state index contributed by atoms with van der Waals surface area (Å²) in [4.78, 5) is 15.7. The highest BCUT2D eigenvalue weighted by Gasteiger charge is 2.15. The van der Waals surface area contributed by atoms with E-state index in [4.69, 9.17) is 0 Å². The smallest absolute Gasteiger partial charge is 0.182 e. The van der Waals surface area contributed by atoms with Crippen LogP contribution in [0.3, 0.4) is 0 Å². The van der Waals surface area contributed by atoms with Gasteiger partial charge in [-0.05, 0) is 6.42 Å². The number of unbranched alkanes of at least 4 members (excludes halogenated alkanes) is 2. The van der Waals surface area contributed by atoms with Crippen LogP contribution in [0.5, 0.6) is 0 Å². The van der Waals surface area contributed by atoms with Gasteiger partial charge in [-0.3, -0.25) is 4.40 Å². The Morgan fingerprint density at radius 3 is 3.05 bits per heavy atom. The molecule has 1 atom stereocenters. The Morgan fingerprint density at radius 2 is 2.21 bits per heavy atom. The summed E-state index contributed by atoms with van der Waals surface area (Å²) in [7, 11) is 0. The molecule has 0 radical (unpaired) electrons. The van der Waals surface area contributed by atoms with Crippen molar-refractivity contribution in [3.05, 3.63) is 24.5 Å². The Hall–Kier alpha value is -1.95. The number of nitrogens with one attached hydrogen (secondary N) is 1. The second-order valence-corrected chi connectivity index (χ2v) is 4.73. The number of aromatic nitrogens is 5. The van der Waals surface area contributed by atoms with Crippen molar-refractivity contribution < 1.29 is 5.11 Å². The average Bonchev–Trinajstić information content (AvgIpc) is 3.04. The maximum absolute atomic E-state index is 10.2. The quantitative estimate of drug-likeness (QED) is 0.688. The molecule has 0 aliphatic rings. The number of hydrogen-bond donors (Lipinski definition) is 2. The molecule has 100 valence electrons. The molecular weight excluding hydrogens is 242 g/mol. The van der Waals surface area contributed by atoms with Crippen LogP contribution in [-0.4, -0.2) is 29.4 Å². The molecule has 0 bridgehead atoms. The van der Waals surface area contributed by atoms with Crippen molar-refractivity contribution in [1.82, 2.24) is 24.3 Å². The highest BCUT2D eigenvalue weighted by atomic mass is 16.3. The Labute approximate surface area is 110 Å². The molecule has 0 saturated carbocycles. The van der Waals surface area contributed by atoms with Gasteiger partial charge in [-0.25, -0.2) is 15.0 Å². The standard InChI is InChI=1S/C13H17N5O/c1-2-3-4-5-10(19)9-6-14-13-11-12(16-7-15-11)17-8-18(9)13/h6-8,10,19H,2-5H2,1H3,(H,15,16). The number of fused-ring (bicyclic) bond motifs is 3. The highest BCUT2D eigenvalue weighted by Crippen LogP contribution is 2.22. The Kier molecular flexibility index (Phi) is 3.16. The SMILES string of the molecule is CCCCCC(O)c1cnc2c3[nH]cnc3ncn12. The number of hydrogen-bond acceptors (Lipinski definition) is 4. The van der Waals surface area contributed by atoms with Crippen molar-refractivity contribution in [1.29, 1.82) is 0 Å². The van der Waals surface area contributed by atoms with Crippen molar-refractivity contribution in [2.24, 2.45) is 0 Å². The molecule has 3 heterocycles. The molecule has 6 heteroatoms. The first-order valence-corrected chi connectivity index (χ1v) is 6.64. The van der Waals surface area contributed by atoms with Gasteiger partial charge in [0.2, 0.25) is 0 Å². The number of H-pyrrole nitrogens is 1. The molecule has 2 N–H and O–H groups in total. The van der Waals surface area contributed by atoms with Crippen molar-refractivity contribution in [3.63, 3.8) is 0 Å². The van der Waals surface area contributed by atoms with Gasteiger partial charge in [0.1, 0.15) is 11.8 Å². The van der Waals surface area contributed by atoms with E-state index in [2.05, 4.69) is 26.9 Å². The number of aromatic amines is 1. The number of rotatable bonds is 5. The van der Waals surface area contributed by atoms with Gasteiger partial charge in [-0.1, -0.05) is 26.2 Å². The Bertz CT molecular complexity index is 687. The molecule has 3 aromatic heterocycles. The second-order valence-electron chi connectivity index (χ2n) is 4.73. The van der Waals surface area contributed by atoms with Crippen LogP contribution in [0.25, 0.3) is 16.8 Å². The third-order valence-electron chi connectivity index (χ3n) is 3.39. The molecular formula is C13H17N5O. The summed E-state index contributed by atoms with van der Waals surface area (Å²) in [6.07, 6.45) is 8.55. The maximum atomic E-state index is 10.2. The van der Waals surface area contributed by atoms with Crippen LogP contribution in [0.4, 0.5) is 0 Å². The van der Waals surface area contributed by atoms with E-state index >= 15 is 0 Å². The summed E-state index contributed by atoms with van der Waals surface area (Å²) in [5.74, 6) is 0. The first-order chi connectivity index (χ1) is 9.31. The van der Waals surface area contributed by atoms with Crippen LogP contribution in [0.15, 0.2) is 18.9 Å². The maximum Gasteiger partial charge on any atom is 0.182 e. The van der Waals surface area contributed by atoms with Crippen LogP contribution in [-0.2, 0) is 0 Å². The zero-order valence-electron chi connectivity index (χ0n) is 10.9. The topological polar surface area (TPSA) is 79.1 Å². The van der Waals surface area contributed by atoms with Gasteiger partial charge >= 0.3 is 0 Å². The number of imidazole rings is 2. The largest absolute Gasteiger partial charge is 0.387 e. The molecule has 19 heavy (non-hydrogen) atoms. The lowest BCUT2D eigenvalue weighted by Crippen LogP contribution is -2.02. The number of aliphatic hydroxyl groups is 1. The summed E-state index contributed by atoms with van der Waals surface area (Å²) in [5.41, 5.74) is 2.99. The van der Waals surface area contributed by atoms with Gasteiger partial charge < -0.3 is 10.1 Å². The normalized spacial score (nSPS) is 13.4. The first kappa shape index (κ1) is 12.1. The molecule has 0 aliphatic heterocycles. The number of nitrogens with zero attached hydrogens (tertiary/aromatic N) is 4. The highest BCUT2D eigenvalue weighted by molar-refractivity contribution is 5.84. The van der Waals surface area contributed by atoms with E-state index in [-0.39, 0.29) is 0 Å². The van der Waals surface area contributed by atoms with E-state index in [1.807, 2.05) is 4.40 Å². The van der Waals surface area contributed by atoms with Crippen LogP contribution >= 0.6 is 0 Å². The zero-order valence-corrected chi connectivity index (χ0v) is 10.9. The average molecular weight is 259 g/mol. The predicted molar refractivity (Wildman–Crippen MR) is 71.7 cm³/mol. The van der Waals surface area contributed by atoms with E-state index < -0.39 is 6.10 Å². The fraction of sp³-hybridized carbons (Fsp3) is 0.462. The second kappa shape index (κ2) is 4.97. The van der Waals surface area contributed by atoms with Gasteiger partial charge in [-0.15, -0.1) is 0 Å². The first-order valence-electron chi connectivity index (χ1n) is 6.64. The molecule has 0 fully saturated rings. The van der Waals surface area contributed by atoms with Gasteiger partial charge in [-0.2, -0.15) is 0 Å². The molecule has 0 aromatic carbocycles. The van der Waals surface area contributed by atoms with Crippen LogP contribution in [0.2, 0.25) is 0 Å². The van der Waals surface area contributed by atoms with Crippen LogP contribution in [0, 0.1) is 0 Å². The van der Waals surface area contributed by atoms with E-state index in [0.717, 1.165) is 42.5 Å². The Balaban J connectivity index is 1.95. The fourth-order valence-electron chi connectivity index (χ4n) is 2.32. The zero-order chi connectivity index (χ0) is 13.2. The van der Waals surface area contributed by atoms with Gasteiger partial charge in [0.15, 0.2) is 11.3 Å². The predicted octanol–water partition coefficient (Wildman–Crippen LogP) is 2.22. The molecule has 3 aromatic rings. The molecule has 6 nitrogen and oxygen atoms in total.